The van der Waals surface area contributed by atoms with Crippen LogP contribution in [0.5, 0.6) is 0 Å². The van der Waals surface area contributed by atoms with E-state index in [2.05, 4.69) is 11.9 Å². The highest BCUT2D eigenvalue weighted by Crippen LogP contribution is 2.18. The molecule has 0 saturated heterocycles. The molecule has 3 nitrogen and oxygen atoms in total. The van der Waals surface area contributed by atoms with Gasteiger partial charge in [-0.05, 0) is 26.8 Å². The number of ketones is 1. The summed E-state index contributed by atoms with van der Waals surface area (Å²) in [7, 11) is 2.09. The van der Waals surface area contributed by atoms with Crippen LogP contribution in [0.15, 0.2) is 0 Å². The van der Waals surface area contributed by atoms with E-state index in [-0.39, 0.29) is 0 Å². The summed E-state index contributed by atoms with van der Waals surface area (Å²) >= 11 is 0. The fraction of sp³-hybridized carbons (Fsp3) is 0.909. The molecule has 82 valence electrons. The SMILES string of the molecule is CCOCCN(C)C1CCCC(=O)C1. The summed E-state index contributed by atoms with van der Waals surface area (Å²) in [6.07, 6.45) is 3.75. The predicted molar refractivity (Wildman–Crippen MR) is 56.4 cm³/mol. The lowest BCUT2D eigenvalue weighted by molar-refractivity contribution is -0.121. The fourth-order valence-corrected chi connectivity index (χ4v) is 1.91. The van der Waals surface area contributed by atoms with Crippen LogP contribution in [0.4, 0.5) is 0 Å². The molecule has 1 rings (SSSR count). The maximum absolute atomic E-state index is 11.2. The fourth-order valence-electron chi connectivity index (χ4n) is 1.91. The predicted octanol–water partition coefficient (Wildman–Crippen LogP) is 1.47. The first-order valence-corrected chi connectivity index (χ1v) is 5.53. The molecular weight excluding hydrogens is 178 g/mol. The van der Waals surface area contributed by atoms with Crippen LogP contribution >= 0.6 is 0 Å². The van der Waals surface area contributed by atoms with Crippen LogP contribution in [-0.4, -0.2) is 43.5 Å². The Morgan fingerprint density at radius 2 is 2.36 bits per heavy atom. The Balaban J connectivity index is 2.21. The highest BCUT2D eigenvalue weighted by molar-refractivity contribution is 5.79. The molecule has 0 amide bonds. The van der Waals surface area contributed by atoms with Gasteiger partial charge in [0.25, 0.3) is 0 Å². The molecule has 1 fully saturated rings. The van der Waals surface area contributed by atoms with Crippen molar-refractivity contribution in [3.05, 3.63) is 0 Å². The van der Waals surface area contributed by atoms with Crippen LogP contribution in [0.1, 0.15) is 32.6 Å². The van der Waals surface area contributed by atoms with Crippen LogP contribution < -0.4 is 0 Å². The Morgan fingerprint density at radius 1 is 1.57 bits per heavy atom. The molecule has 0 aliphatic heterocycles. The van der Waals surface area contributed by atoms with Gasteiger partial charge in [-0.3, -0.25) is 4.79 Å². The zero-order chi connectivity index (χ0) is 10.4. The highest BCUT2D eigenvalue weighted by atomic mass is 16.5. The van der Waals surface area contributed by atoms with Gasteiger partial charge in [0.2, 0.25) is 0 Å². The topological polar surface area (TPSA) is 29.5 Å². The van der Waals surface area contributed by atoms with E-state index < -0.39 is 0 Å². The van der Waals surface area contributed by atoms with Gasteiger partial charge in [-0.25, -0.2) is 0 Å². The van der Waals surface area contributed by atoms with E-state index in [0.29, 0.717) is 11.8 Å². The van der Waals surface area contributed by atoms with E-state index in [9.17, 15) is 4.79 Å². The molecule has 1 saturated carbocycles. The summed E-state index contributed by atoms with van der Waals surface area (Å²) in [6.45, 7) is 4.49. The number of ether oxygens (including phenoxy) is 1. The summed E-state index contributed by atoms with van der Waals surface area (Å²) in [6, 6.07) is 0.455. The highest BCUT2D eigenvalue weighted by Gasteiger charge is 2.22. The van der Waals surface area contributed by atoms with Crippen molar-refractivity contribution in [2.45, 2.75) is 38.6 Å². The largest absolute Gasteiger partial charge is 0.380 e. The third-order valence-corrected chi connectivity index (χ3v) is 2.87. The molecule has 0 heterocycles. The van der Waals surface area contributed by atoms with Gasteiger partial charge in [0, 0.05) is 32.0 Å². The number of hydrogen-bond donors (Lipinski definition) is 0. The first-order valence-electron chi connectivity index (χ1n) is 5.53. The minimum absolute atomic E-state index is 0.421. The Morgan fingerprint density at radius 3 is 3.00 bits per heavy atom. The second kappa shape index (κ2) is 6.14. The number of carbonyl (C=O) groups excluding carboxylic acids is 1. The molecule has 1 aliphatic carbocycles. The molecule has 0 aromatic carbocycles. The van der Waals surface area contributed by atoms with E-state index in [1.807, 2.05) is 6.92 Å². The van der Waals surface area contributed by atoms with Crippen LogP contribution in [0, 0.1) is 0 Å². The molecule has 3 heteroatoms. The zero-order valence-electron chi connectivity index (χ0n) is 9.29. The van der Waals surface area contributed by atoms with E-state index in [0.717, 1.165) is 45.4 Å². The average molecular weight is 199 g/mol. The molecule has 0 bridgehead atoms. The summed E-state index contributed by atoms with van der Waals surface area (Å²) in [4.78, 5) is 13.5. The van der Waals surface area contributed by atoms with Gasteiger partial charge < -0.3 is 9.64 Å². The molecule has 0 N–H and O–H groups in total. The lowest BCUT2D eigenvalue weighted by Crippen LogP contribution is -2.38. The van der Waals surface area contributed by atoms with Crippen molar-refractivity contribution in [1.29, 1.82) is 0 Å². The second-order valence-electron chi connectivity index (χ2n) is 3.97. The van der Waals surface area contributed by atoms with Crippen LogP contribution in [0.2, 0.25) is 0 Å². The Bertz CT molecular complexity index is 182. The molecular formula is C11H21NO2. The van der Waals surface area contributed by atoms with Crippen LogP contribution in [-0.2, 0) is 9.53 Å². The molecule has 0 spiro atoms. The minimum Gasteiger partial charge on any atom is -0.380 e. The summed E-state index contributed by atoms with van der Waals surface area (Å²) in [5, 5.41) is 0. The monoisotopic (exact) mass is 199 g/mol. The van der Waals surface area contributed by atoms with Crippen molar-refractivity contribution in [2.75, 3.05) is 26.8 Å². The Hall–Kier alpha value is -0.410. The molecule has 1 aliphatic rings. The van der Waals surface area contributed by atoms with E-state index in [1.165, 1.54) is 0 Å². The smallest absolute Gasteiger partial charge is 0.134 e. The van der Waals surface area contributed by atoms with Crippen molar-refractivity contribution in [2.24, 2.45) is 0 Å². The van der Waals surface area contributed by atoms with Gasteiger partial charge in [-0.15, -0.1) is 0 Å². The standard InChI is InChI=1S/C11H21NO2/c1-3-14-8-7-12(2)10-5-4-6-11(13)9-10/h10H,3-9H2,1-2H3. The summed E-state index contributed by atoms with van der Waals surface area (Å²) in [5.41, 5.74) is 0. The lowest BCUT2D eigenvalue weighted by atomic mass is 9.93. The van der Waals surface area contributed by atoms with Crippen LogP contribution in [0.3, 0.4) is 0 Å². The van der Waals surface area contributed by atoms with Gasteiger partial charge in [-0.1, -0.05) is 0 Å². The summed E-state index contributed by atoms with van der Waals surface area (Å²) < 4.78 is 5.30. The number of carbonyl (C=O) groups is 1. The van der Waals surface area contributed by atoms with Gasteiger partial charge >= 0.3 is 0 Å². The summed E-state index contributed by atoms with van der Waals surface area (Å²) in [5.74, 6) is 0.421. The van der Waals surface area contributed by atoms with Gasteiger partial charge in [-0.2, -0.15) is 0 Å². The number of likely N-dealkylation sites (N-methyl/N-ethyl adjacent to an activating group) is 1. The number of Topliss-reactive ketones (excluding diaryl/α,β-unsaturated/α-hetero) is 1. The third kappa shape index (κ3) is 3.76. The average Bonchev–Trinajstić information content (AvgIpc) is 2.18. The lowest BCUT2D eigenvalue weighted by Gasteiger charge is -2.30. The van der Waals surface area contributed by atoms with Crippen LogP contribution in [0.25, 0.3) is 0 Å². The van der Waals surface area contributed by atoms with Crippen molar-refractivity contribution in [3.8, 4) is 0 Å². The first kappa shape index (κ1) is 11.7. The van der Waals surface area contributed by atoms with Gasteiger partial charge in [0.15, 0.2) is 0 Å². The van der Waals surface area contributed by atoms with Gasteiger partial charge in [0.05, 0.1) is 6.61 Å². The Labute approximate surface area is 86.4 Å². The van der Waals surface area contributed by atoms with Crippen molar-refractivity contribution < 1.29 is 9.53 Å². The first-order chi connectivity index (χ1) is 6.74. The molecule has 0 aromatic heterocycles. The molecule has 1 unspecified atom stereocenters. The third-order valence-electron chi connectivity index (χ3n) is 2.87. The Kier molecular flexibility index (Phi) is 5.12. The molecule has 0 aromatic rings. The molecule has 14 heavy (non-hydrogen) atoms. The van der Waals surface area contributed by atoms with Crippen molar-refractivity contribution in [1.82, 2.24) is 4.90 Å². The zero-order valence-corrected chi connectivity index (χ0v) is 9.29. The maximum Gasteiger partial charge on any atom is 0.134 e. The van der Waals surface area contributed by atoms with E-state index in [4.69, 9.17) is 4.74 Å². The van der Waals surface area contributed by atoms with Gasteiger partial charge in [0.1, 0.15) is 5.78 Å². The van der Waals surface area contributed by atoms with Crippen molar-refractivity contribution in [3.63, 3.8) is 0 Å². The maximum atomic E-state index is 11.2. The van der Waals surface area contributed by atoms with E-state index in [1.54, 1.807) is 0 Å². The minimum atomic E-state index is 0.421. The second-order valence-corrected chi connectivity index (χ2v) is 3.97. The molecule has 1 atom stereocenters. The number of rotatable bonds is 5. The molecule has 0 radical (unpaired) electrons. The normalized spacial score (nSPS) is 23.1. The van der Waals surface area contributed by atoms with E-state index >= 15 is 0 Å². The number of hydrogen-bond acceptors (Lipinski definition) is 3. The van der Waals surface area contributed by atoms with Crippen molar-refractivity contribution >= 4 is 5.78 Å². The number of nitrogens with zero attached hydrogens (tertiary/aromatic N) is 1. The quantitative estimate of drug-likeness (QED) is 0.628.